The summed E-state index contributed by atoms with van der Waals surface area (Å²) in [6.45, 7) is 4.22. The van der Waals surface area contributed by atoms with E-state index in [0.717, 1.165) is 23.8 Å². The van der Waals surface area contributed by atoms with E-state index in [9.17, 15) is 9.59 Å². The molecule has 8 nitrogen and oxygen atoms in total. The Morgan fingerprint density at radius 1 is 1.32 bits per heavy atom. The smallest absolute Gasteiger partial charge is 0.331 e. The molecule has 0 aromatic carbocycles. The van der Waals surface area contributed by atoms with E-state index >= 15 is 0 Å². The van der Waals surface area contributed by atoms with Crippen molar-refractivity contribution >= 4 is 0 Å². The number of aryl methyl sites for hydroxylation is 1. The molecule has 0 amide bonds. The number of rotatable bonds is 3. The zero-order valence-corrected chi connectivity index (χ0v) is 14.2. The Balaban J connectivity index is 1.52. The third-order valence-corrected chi connectivity index (χ3v) is 5.47. The fourth-order valence-electron chi connectivity index (χ4n) is 4.37. The summed E-state index contributed by atoms with van der Waals surface area (Å²) in [6.07, 6.45) is 3.45. The maximum Gasteiger partial charge on any atom is 0.331 e. The van der Waals surface area contributed by atoms with Crippen LogP contribution in [0.4, 0.5) is 0 Å². The molecule has 0 bridgehead atoms. The van der Waals surface area contributed by atoms with E-state index in [1.807, 2.05) is 6.07 Å². The van der Waals surface area contributed by atoms with E-state index in [1.54, 1.807) is 6.92 Å². The molecule has 1 atom stereocenters. The number of nitriles is 1. The van der Waals surface area contributed by atoms with E-state index in [4.69, 9.17) is 19.5 Å². The lowest BCUT2D eigenvalue weighted by Gasteiger charge is -2.50. The summed E-state index contributed by atoms with van der Waals surface area (Å²) in [6, 6.07) is 1.87. The van der Waals surface area contributed by atoms with Crippen molar-refractivity contribution < 1.29 is 14.2 Å². The van der Waals surface area contributed by atoms with E-state index in [0.29, 0.717) is 26.4 Å². The Bertz CT molecular complexity index is 835. The lowest BCUT2D eigenvalue weighted by molar-refractivity contribution is -0.260. The first-order chi connectivity index (χ1) is 12.0. The van der Waals surface area contributed by atoms with Crippen LogP contribution in [-0.2, 0) is 27.3 Å². The van der Waals surface area contributed by atoms with Gasteiger partial charge in [-0.2, -0.15) is 5.26 Å². The van der Waals surface area contributed by atoms with Crippen molar-refractivity contribution in [1.29, 1.82) is 5.26 Å². The van der Waals surface area contributed by atoms with Gasteiger partial charge in [-0.15, -0.1) is 0 Å². The minimum Gasteiger partial charge on any atom is -0.376 e. The van der Waals surface area contributed by atoms with Crippen LogP contribution in [0.2, 0.25) is 0 Å². The third-order valence-electron chi connectivity index (χ3n) is 5.47. The normalized spacial score (nSPS) is 26.0. The summed E-state index contributed by atoms with van der Waals surface area (Å²) in [5.41, 5.74) is -0.961. The van der Waals surface area contributed by atoms with Crippen molar-refractivity contribution in [1.82, 2.24) is 9.13 Å². The Morgan fingerprint density at radius 3 is 2.68 bits per heavy atom. The van der Waals surface area contributed by atoms with Gasteiger partial charge in [0.1, 0.15) is 11.6 Å². The maximum absolute atomic E-state index is 12.4. The molecular weight excluding hydrogens is 326 g/mol. The standard InChI is InChI=1S/C17H21N3O5/c1-2-19-7-12(6-18)14(21)20(15(19)22)8-13-5-16(11-23-13)9-17(10-16)24-3-4-25-17/h7,13H,2-5,8-11H2,1H3. The molecule has 0 N–H and O–H groups in total. The van der Waals surface area contributed by atoms with Crippen LogP contribution in [-0.4, -0.2) is 40.8 Å². The van der Waals surface area contributed by atoms with Crippen LogP contribution in [0.25, 0.3) is 0 Å². The van der Waals surface area contributed by atoms with Crippen molar-refractivity contribution in [2.75, 3.05) is 19.8 Å². The monoisotopic (exact) mass is 347 g/mol. The van der Waals surface area contributed by atoms with Crippen LogP contribution in [0.1, 0.15) is 31.7 Å². The van der Waals surface area contributed by atoms with Crippen molar-refractivity contribution in [3.63, 3.8) is 0 Å². The largest absolute Gasteiger partial charge is 0.376 e. The highest BCUT2D eigenvalue weighted by molar-refractivity contribution is 5.22. The molecule has 4 rings (SSSR count). The van der Waals surface area contributed by atoms with Crippen molar-refractivity contribution in [3.05, 3.63) is 32.6 Å². The van der Waals surface area contributed by atoms with Gasteiger partial charge >= 0.3 is 5.69 Å². The van der Waals surface area contributed by atoms with Crippen LogP contribution in [0, 0.1) is 16.7 Å². The molecule has 3 aliphatic rings. The molecule has 3 heterocycles. The van der Waals surface area contributed by atoms with Crippen LogP contribution < -0.4 is 11.2 Å². The fraction of sp³-hybridized carbons (Fsp3) is 0.706. The maximum atomic E-state index is 12.4. The molecule has 2 spiro atoms. The predicted octanol–water partition coefficient (Wildman–Crippen LogP) is 0.214. The SMILES string of the molecule is CCn1cc(C#N)c(=O)n(CC2CC3(CO2)CC2(C3)OCCO2)c1=O. The van der Waals surface area contributed by atoms with Crippen LogP contribution in [0.15, 0.2) is 15.8 Å². The van der Waals surface area contributed by atoms with Gasteiger partial charge in [0.15, 0.2) is 5.79 Å². The summed E-state index contributed by atoms with van der Waals surface area (Å²) in [7, 11) is 0. The molecular formula is C17H21N3O5. The van der Waals surface area contributed by atoms with Gasteiger partial charge in [0.25, 0.3) is 5.56 Å². The summed E-state index contributed by atoms with van der Waals surface area (Å²) in [5, 5.41) is 9.12. The lowest BCUT2D eigenvalue weighted by atomic mass is 9.63. The Morgan fingerprint density at radius 2 is 2.04 bits per heavy atom. The molecule has 1 aliphatic carbocycles. The summed E-state index contributed by atoms with van der Waals surface area (Å²) in [5.74, 6) is -0.440. The topological polar surface area (TPSA) is 95.5 Å². The van der Waals surface area contributed by atoms with Crippen LogP contribution >= 0.6 is 0 Å². The average molecular weight is 347 g/mol. The molecule has 2 aliphatic heterocycles. The second-order valence-corrected chi connectivity index (χ2v) is 7.24. The van der Waals surface area contributed by atoms with Gasteiger partial charge < -0.3 is 14.2 Å². The second kappa shape index (κ2) is 5.80. The number of hydrogen-bond acceptors (Lipinski definition) is 6. The molecule has 134 valence electrons. The van der Waals surface area contributed by atoms with E-state index in [1.165, 1.54) is 10.8 Å². The lowest BCUT2D eigenvalue weighted by Crippen LogP contribution is -2.53. The predicted molar refractivity (Wildman–Crippen MR) is 86.0 cm³/mol. The van der Waals surface area contributed by atoms with Gasteiger partial charge in [0.2, 0.25) is 0 Å². The van der Waals surface area contributed by atoms with Crippen LogP contribution in [0.3, 0.4) is 0 Å². The Hall–Kier alpha value is -1.95. The third kappa shape index (κ3) is 2.63. The zero-order valence-electron chi connectivity index (χ0n) is 14.2. The second-order valence-electron chi connectivity index (χ2n) is 7.24. The zero-order chi connectivity index (χ0) is 17.7. The van der Waals surface area contributed by atoms with Gasteiger partial charge in [0, 0.05) is 31.0 Å². The van der Waals surface area contributed by atoms with Gasteiger partial charge in [0.05, 0.1) is 32.5 Å². The quantitative estimate of drug-likeness (QED) is 0.776. The number of ether oxygens (including phenoxy) is 3. The number of hydrogen-bond donors (Lipinski definition) is 0. The molecule has 1 aromatic heterocycles. The minimum absolute atomic E-state index is 0.00916. The Labute approximate surface area is 144 Å². The molecule has 0 radical (unpaired) electrons. The molecule has 8 heteroatoms. The molecule has 25 heavy (non-hydrogen) atoms. The molecule has 1 unspecified atom stereocenters. The van der Waals surface area contributed by atoms with Gasteiger partial charge in [-0.05, 0) is 13.3 Å². The Kier molecular flexibility index (Phi) is 3.83. The molecule has 1 aromatic rings. The first-order valence-electron chi connectivity index (χ1n) is 8.64. The number of nitrogens with zero attached hydrogens (tertiary/aromatic N) is 3. The highest BCUT2D eigenvalue weighted by atomic mass is 16.7. The van der Waals surface area contributed by atoms with Gasteiger partial charge in [-0.3, -0.25) is 13.9 Å². The van der Waals surface area contributed by atoms with Crippen molar-refractivity contribution in [2.45, 2.75) is 51.2 Å². The van der Waals surface area contributed by atoms with Crippen LogP contribution in [0.5, 0.6) is 0 Å². The van der Waals surface area contributed by atoms with Gasteiger partial charge in [-0.1, -0.05) is 0 Å². The molecule has 2 saturated heterocycles. The fourth-order valence-corrected chi connectivity index (χ4v) is 4.37. The molecule has 3 fully saturated rings. The first kappa shape index (κ1) is 16.5. The summed E-state index contributed by atoms with van der Waals surface area (Å²) in [4.78, 5) is 24.8. The van der Waals surface area contributed by atoms with Gasteiger partial charge in [-0.25, -0.2) is 4.79 Å². The first-order valence-corrected chi connectivity index (χ1v) is 8.64. The average Bonchev–Trinajstić information content (AvgIpc) is 3.21. The highest BCUT2D eigenvalue weighted by Gasteiger charge is 2.61. The highest BCUT2D eigenvalue weighted by Crippen LogP contribution is 2.58. The van der Waals surface area contributed by atoms with E-state index in [-0.39, 0.29) is 23.6 Å². The number of aromatic nitrogens is 2. The molecule has 1 saturated carbocycles. The summed E-state index contributed by atoms with van der Waals surface area (Å²) >= 11 is 0. The van der Waals surface area contributed by atoms with Crippen molar-refractivity contribution in [2.24, 2.45) is 5.41 Å². The minimum atomic E-state index is -0.547. The summed E-state index contributed by atoms with van der Waals surface area (Å²) < 4.78 is 19.8. The van der Waals surface area contributed by atoms with Crippen molar-refractivity contribution in [3.8, 4) is 6.07 Å². The van der Waals surface area contributed by atoms with E-state index in [2.05, 4.69) is 0 Å². The van der Waals surface area contributed by atoms with E-state index < -0.39 is 17.0 Å².